The van der Waals surface area contributed by atoms with Gasteiger partial charge in [0.1, 0.15) is 0 Å². The van der Waals surface area contributed by atoms with Crippen molar-refractivity contribution >= 4 is 5.78 Å². The number of hydrogen-bond donors (Lipinski definition) is 0. The average Bonchev–Trinajstić information content (AvgIpc) is 2.73. The third kappa shape index (κ3) is 4.11. The van der Waals surface area contributed by atoms with E-state index in [9.17, 15) is 4.79 Å². The molecule has 2 bridgehead atoms. The standard InChI is InChI=1S/C25H28O3/c1-25-14-12-22(26)24(21(25)18-27-16-19-8-4-2-5-9-19)23(13-15-25)28-17-20-10-6-3-7-11-20/h2-12,14,21,23-24H,13,15-18H2,1H3/t21?,23-,24+,25-/m1/s1. The molecule has 0 saturated heterocycles. The molecular weight excluding hydrogens is 348 g/mol. The normalized spacial score (nSPS) is 29.0. The summed E-state index contributed by atoms with van der Waals surface area (Å²) < 4.78 is 12.3. The van der Waals surface area contributed by atoms with E-state index < -0.39 is 0 Å². The lowest BCUT2D eigenvalue weighted by Crippen LogP contribution is -2.51. The van der Waals surface area contributed by atoms with Crippen LogP contribution in [0.25, 0.3) is 0 Å². The maximum Gasteiger partial charge on any atom is 0.161 e. The topological polar surface area (TPSA) is 35.5 Å². The summed E-state index contributed by atoms with van der Waals surface area (Å²) in [6.45, 7) is 3.96. The first-order valence-electron chi connectivity index (χ1n) is 10.2. The van der Waals surface area contributed by atoms with Crippen molar-refractivity contribution in [2.75, 3.05) is 6.61 Å². The van der Waals surface area contributed by atoms with Gasteiger partial charge in [0.05, 0.1) is 31.8 Å². The molecule has 0 heterocycles. The van der Waals surface area contributed by atoms with Crippen LogP contribution >= 0.6 is 0 Å². The molecule has 4 rings (SSSR count). The number of carbonyl (C=O) groups is 1. The maximum absolute atomic E-state index is 12.8. The van der Waals surface area contributed by atoms with E-state index in [0.29, 0.717) is 19.8 Å². The van der Waals surface area contributed by atoms with Crippen molar-refractivity contribution in [1.29, 1.82) is 0 Å². The Bertz CT molecular complexity index is 814. The van der Waals surface area contributed by atoms with Crippen molar-refractivity contribution in [3.63, 3.8) is 0 Å². The van der Waals surface area contributed by atoms with Crippen LogP contribution in [0.15, 0.2) is 72.8 Å². The summed E-state index contributed by atoms with van der Waals surface area (Å²) in [5.41, 5.74) is 2.31. The highest BCUT2D eigenvalue weighted by molar-refractivity contribution is 5.93. The Hall–Kier alpha value is -2.23. The molecule has 1 saturated carbocycles. The van der Waals surface area contributed by atoms with Crippen LogP contribution in [0.1, 0.15) is 30.9 Å². The molecule has 0 aromatic heterocycles. The predicted molar refractivity (Wildman–Crippen MR) is 110 cm³/mol. The Kier molecular flexibility index (Phi) is 5.74. The second-order valence-electron chi connectivity index (χ2n) is 8.25. The fourth-order valence-electron chi connectivity index (χ4n) is 4.60. The molecule has 0 N–H and O–H groups in total. The van der Waals surface area contributed by atoms with Crippen molar-refractivity contribution in [3.8, 4) is 0 Å². The minimum Gasteiger partial charge on any atom is -0.376 e. The zero-order valence-corrected chi connectivity index (χ0v) is 16.4. The zero-order chi connectivity index (χ0) is 19.4. The van der Waals surface area contributed by atoms with Crippen LogP contribution in [-0.4, -0.2) is 18.5 Å². The molecule has 3 heteroatoms. The van der Waals surface area contributed by atoms with Gasteiger partial charge in [0.25, 0.3) is 0 Å². The molecule has 3 nitrogen and oxygen atoms in total. The third-order valence-electron chi connectivity index (χ3n) is 6.32. The molecule has 2 aliphatic carbocycles. The Balaban J connectivity index is 1.44. The van der Waals surface area contributed by atoms with Gasteiger partial charge in [0.2, 0.25) is 0 Å². The Morgan fingerprint density at radius 3 is 2.29 bits per heavy atom. The minimum atomic E-state index is -0.122. The monoisotopic (exact) mass is 376 g/mol. The van der Waals surface area contributed by atoms with Gasteiger partial charge in [-0.1, -0.05) is 73.7 Å². The summed E-state index contributed by atoms with van der Waals surface area (Å²) in [6.07, 6.45) is 5.77. The molecule has 0 aliphatic heterocycles. The highest BCUT2D eigenvalue weighted by Gasteiger charge is 2.50. The molecule has 0 radical (unpaired) electrons. The van der Waals surface area contributed by atoms with Crippen LogP contribution in [0.2, 0.25) is 0 Å². The molecule has 1 fully saturated rings. The first-order chi connectivity index (χ1) is 13.7. The van der Waals surface area contributed by atoms with E-state index in [0.717, 1.165) is 24.0 Å². The van der Waals surface area contributed by atoms with E-state index in [1.165, 1.54) is 0 Å². The van der Waals surface area contributed by atoms with E-state index in [2.05, 4.69) is 37.3 Å². The van der Waals surface area contributed by atoms with E-state index in [1.54, 1.807) is 6.08 Å². The SMILES string of the molecule is C[C@]12C=CC(=O)[C@H](C1COCc1ccccc1)[C@H](OCc1ccccc1)CC2. The second-order valence-corrected chi connectivity index (χ2v) is 8.25. The summed E-state index contributed by atoms with van der Waals surface area (Å²) in [6, 6.07) is 20.4. The highest BCUT2D eigenvalue weighted by atomic mass is 16.5. The largest absolute Gasteiger partial charge is 0.376 e. The second kappa shape index (κ2) is 8.42. The molecule has 2 aromatic rings. The van der Waals surface area contributed by atoms with E-state index in [-0.39, 0.29) is 29.1 Å². The van der Waals surface area contributed by atoms with Crippen molar-refractivity contribution in [3.05, 3.63) is 83.9 Å². The van der Waals surface area contributed by atoms with Gasteiger partial charge in [-0.2, -0.15) is 0 Å². The first kappa shape index (κ1) is 19.1. The zero-order valence-electron chi connectivity index (χ0n) is 16.4. The van der Waals surface area contributed by atoms with Crippen LogP contribution in [-0.2, 0) is 27.5 Å². The molecule has 0 spiro atoms. The fourth-order valence-corrected chi connectivity index (χ4v) is 4.60. The Morgan fingerprint density at radius 1 is 0.964 bits per heavy atom. The summed E-state index contributed by atoms with van der Waals surface area (Å²) in [5.74, 6) is 0.218. The van der Waals surface area contributed by atoms with E-state index in [4.69, 9.17) is 9.47 Å². The van der Waals surface area contributed by atoms with Gasteiger partial charge in [-0.25, -0.2) is 0 Å². The van der Waals surface area contributed by atoms with Crippen LogP contribution < -0.4 is 0 Å². The van der Waals surface area contributed by atoms with Gasteiger partial charge in [0.15, 0.2) is 5.78 Å². The first-order valence-corrected chi connectivity index (χ1v) is 10.2. The lowest BCUT2D eigenvalue weighted by molar-refractivity contribution is -0.143. The van der Waals surface area contributed by atoms with Gasteiger partial charge in [-0.05, 0) is 35.5 Å². The Morgan fingerprint density at radius 2 is 1.61 bits per heavy atom. The summed E-state index contributed by atoms with van der Waals surface area (Å²) in [4.78, 5) is 12.8. The molecule has 1 unspecified atom stereocenters. The summed E-state index contributed by atoms with van der Waals surface area (Å²) in [5, 5.41) is 0. The van der Waals surface area contributed by atoms with Gasteiger partial charge in [-0.3, -0.25) is 4.79 Å². The fraction of sp³-hybridized carbons (Fsp3) is 0.400. The third-order valence-corrected chi connectivity index (χ3v) is 6.32. The smallest absolute Gasteiger partial charge is 0.161 e. The van der Waals surface area contributed by atoms with Gasteiger partial charge < -0.3 is 9.47 Å². The van der Waals surface area contributed by atoms with E-state index >= 15 is 0 Å². The van der Waals surface area contributed by atoms with Crippen molar-refractivity contribution in [2.24, 2.45) is 17.3 Å². The van der Waals surface area contributed by atoms with Crippen molar-refractivity contribution in [2.45, 2.75) is 39.1 Å². The van der Waals surface area contributed by atoms with Gasteiger partial charge in [0, 0.05) is 5.92 Å². The van der Waals surface area contributed by atoms with Gasteiger partial charge in [-0.15, -0.1) is 0 Å². The number of ketones is 1. The number of fused-ring (bicyclic) bond motifs is 2. The molecule has 146 valence electrons. The van der Waals surface area contributed by atoms with Crippen LogP contribution in [0, 0.1) is 17.3 Å². The van der Waals surface area contributed by atoms with Crippen molar-refractivity contribution < 1.29 is 14.3 Å². The molecule has 2 aromatic carbocycles. The number of benzene rings is 2. The Labute approximate surface area is 167 Å². The number of hydrogen-bond acceptors (Lipinski definition) is 3. The van der Waals surface area contributed by atoms with Crippen LogP contribution in [0.3, 0.4) is 0 Å². The molecule has 4 atom stereocenters. The molecular formula is C25H28O3. The molecule has 2 aliphatic rings. The molecule has 28 heavy (non-hydrogen) atoms. The minimum absolute atomic E-state index is 0.00186. The van der Waals surface area contributed by atoms with Gasteiger partial charge >= 0.3 is 0 Å². The lowest BCUT2D eigenvalue weighted by Gasteiger charge is -2.49. The average molecular weight is 376 g/mol. The lowest BCUT2D eigenvalue weighted by atomic mass is 9.58. The molecule has 0 amide bonds. The maximum atomic E-state index is 12.8. The quantitative estimate of drug-likeness (QED) is 0.685. The predicted octanol–water partition coefficient (Wildman–Crippen LogP) is 4.96. The van der Waals surface area contributed by atoms with Crippen LogP contribution in [0.4, 0.5) is 0 Å². The number of carbonyl (C=O) groups excluding carboxylic acids is 1. The summed E-state index contributed by atoms with van der Waals surface area (Å²) in [7, 11) is 0. The number of allylic oxidation sites excluding steroid dienone is 2. The van der Waals surface area contributed by atoms with Crippen LogP contribution in [0.5, 0.6) is 0 Å². The number of rotatable bonds is 7. The highest BCUT2D eigenvalue weighted by Crippen LogP contribution is 2.49. The van der Waals surface area contributed by atoms with Crippen molar-refractivity contribution in [1.82, 2.24) is 0 Å². The summed E-state index contributed by atoms with van der Waals surface area (Å²) >= 11 is 0. The van der Waals surface area contributed by atoms with E-state index in [1.807, 2.05) is 36.4 Å². The number of ether oxygens (including phenoxy) is 2.